The molecule has 4 unspecified atom stereocenters. The van der Waals surface area contributed by atoms with Gasteiger partial charge in [-0.25, -0.2) is 0 Å². The predicted octanol–water partition coefficient (Wildman–Crippen LogP) is 2.52. The van der Waals surface area contributed by atoms with Gasteiger partial charge in [0.05, 0.1) is 5.76 Å². The molecule has 2 bridgehead atoms. The first-order valence-corrected chi connectivity index (χ1v) is 5.94. The summed E-state index contributed by atoms with van der Waals surface area (Å²) in [5.74, 6) is 2.54. The zero-order valence-electron chi connectivity index (χ0n) is 9.08. The van der Waals surface area contributed by atoms with Crippen molar-refractivity contribution in [1.29, 1.82) is 0 Å². The molecule has 0 aromatic carbocycles. The Morgan fingerprint density at radius 1 is 1.53 bits per heavy atom. The summed E-state index contributed by atoms with van der Waals surface area (Å²) in [6, 6.07) is 0. The third-order valence-electron chi connectivity index (χ3n) is 4.74. The molecule has 2 nitrogen and oxygen atoms in total. The Labute approximate surface area is 90.9 Å². The lowest BCUT2D eigenvalue weighted by atomic mass is 9.81. The average Bonchev–Trinajstić information content (AvgIpc) is 2.63. The molecule has 0 aromatic heterocycles. The van der Waals surface area contributed by atoms with Crippen LogP contribution in [0.5, 0.6) is 0 Å². The van der Waals surface area contributed by atoms with E-state index in [2.05, 4.69) is 6.58 Å². The number of aliphatic hydroxyl groups is 1. The molecule has 0 heterocycles. The molecule has 2 heteroatoms. The summed E-state index contributed by atoms with van der Waals surface area (Å²) in [6.45, 7) is 3.81. The molecule has 0 saturated heterocycles. The van der Waals surface area contributed by atoms with Gasteiger partial charge in [-0.1, -0.05) is 6.08 Å². The number of fused-ring (bicyclic) bond motifs is 1. The SMILES string of the molecule is C=CCC1(N)CC2=C(O)CC3CC2C1C3. The maximum Gasteiger partial charge on any atom is 0.0920 e. The lowest BCUT2D eigenvalue weighted by Crippen LogP contribution is -2.43. The lowest BCUT2D eigenvalue weighted by Gasteiger charge is -2.30. The van der Waals surface area contributed by atoms with Gasteiger partial charge in [0.2, 0.25) is 0 Å². The average molecular weight is 205 g/mol. The predicted molar refractivity (Wildman–Crippen MR) is 60.3 cm³/mol. The van der Waals surface area contributed by atoms with Crippen LogP contribution in [0.4, 0.5) is 0 Å². The molecular formula is C13H19NO. The minimum atomic E-state index is -0.106. The van der Waals surface area contributed by atoms with Crippen molar-refractivity contribution in [1.82, 2.24) is 0 Å². The summed E-state index contributed by atoms with van der Waals surface area (Å²) >= 11 is 0. The second kappa shape index (κ2) is 2.88. The van der Waals surface area contributed by atoms with Crippen molar-refractivity contribution in [3.63, 3.8) is 0 Å². The second-order valence-electron chi connectivity index (χ2n) is 5.63. The lowest BCUT2D eigenvalue weighted by molar-refractivity contribution is 0.280. The van der Waals surface area contributed by atoms with Gasteiger partial charge in [-0.2, -0.15) is 0 Å². The van der Waals surface area contributed by atoms with Crippen molar-refractivity contribution in [2.45, 2.75) is 37.6 Å². The van der Waals surface area contributed by atoms with E-state index in [1.54, 1.807) is 0 Å². The highest BCUT2D eigenvalue weighted by Gasteiger charge is 2.55. The Kier molecular flexibility index (Phi) is 1.82. The Balaban J connectivity index is 2.01. The number of nitrogens with two attached hydrogens (primary N) is 1. The topological polar surface area (TPSA) is 46.2 Å². The van der Waals surface area contributed by atoms with E-state index in [4.69, 9.17) is 5.73 Å². The van der Waals surface area contributed by atoms with Gasteiger partial charge >= 0.3 is 0 Å². The maximum atomic E-state index is 9.98. The molecule has 2 fully saturated rings. The molecule has 0 radical (unpaired) electrons. The summed E-state index contributed by atoms with van der Waals surface area (Å²) in [7, 11) is 0. The zero-order valence-corrected chi connectivity index (χ0v) is 9.08. The van der Waals surface area contributed by atoms with Crippen LogP contribution >= 0.6 is 0 Å². The minimum Gasteiger partial charge on any atom is -0.512 e. The molecule has 3 rings (SSSR count). The van der Waals surface area contributed by atoms with Crippen LogP contribution in [0, 0.1) is 17.8 Å². The number of hydrogen-bond donors (Lipinski definition) is 2. The van der Waals surface area contributed by atoms with Crippen LogP contribution in [0.3, 0.4) is 0 Å². The third-order valence-corrected chi connectivity index (χ3v) is 4.74. The van der Waals surface area contributed by atoms with Gasteiger partial charge < -0.3 is 10.8 Å². The van der Waals surface area contributed by atoms with E-state index in [0.717, 1.165) is 19.3 Å². The molecule has 15 heavy (non-hydrogen) atoms. The van der Waals surface area contributed by atoms with Crippen molar-refractivity contribution < 1.29 is 5.11 Å². The Morgan fingerprint density at radius 3 is 3.07 bits per heavy atom. The maximum absolute atomic E-state index is 9.98. The molecule has 82 valence electrons. The molecule has 2 saturated carbocycles. The van der Waals surface area contributed by atoms with E-state index in [9.17, 15) is 5.11 Å². The fourth-order valence-electron chi connectivity index (χ4n) is 4.16. The van der Waals surface area contributed by atoms with Crippen LogP contribution in [0.2, 0.25) is 0 Å². The number of hydrogen-bond acceptors (Lipinski definition) is 2. The summed E-state index contributed by atoms with van der Waals surface area (Å²) < 4.78 is 0. The van der Waals surface area contributed by atoms with Gasteiger partial charge in [-0.05, 0) is 49.0 Å². The van der Waals surface area contributed by atoms with Crippen molar-refractivity contribution in [2.75, 3.05) is 0 Å². The first-order chi connectivity index (χ1) is 7.14. The minimum absolute atomic E-state index is 0.106. The van der Waals surface area contributed by atoms with E-state index in [-0.39, 0.29) is 5.54 Å². The summed E-state index contributed by atoms with van der Waals surface area (Å²) in [6.07, 6.45) is 7.10. The summed E-state index contributed by atoms with van der Waals surface area (Å²) in [5, 5.41) is 9.98. The van der Waals surface area contributed by atoms with E-state index in [0.29, 0.717) is 23.5 Å². The highest BCUT2D eigenvalue weighted by Crippen LogP contribution is 2.59. The van der Waals surface area contributed by atoms with E-state index in [1.165, 1.54) is 18.4 Å². The molecule has 0 spiro atoms. The van der Waals surface area contributed by atoms with Crippen molar-refractivity contribution in [3.05, 3.63) is 24.0 Å². The van der Waals surface area contributed by atoms with E-state index >= 15 is 0 Å². The number of allylic oxidation sites excluding steroid dienone is 1. The smallest absolute Gasteiger partial charge is 0.0920 e. The quantitative estimate of drug-likeness (QED) is 0.680. The molecule has 0 amide bonds. The fraction of sp³-hybridized carbons (Fsp3) is 0.692. The first kappa shape index (κ1) is 9.46. The van der Waals surface area contributed by atoms with Crippen LogP contribution in [0.25, 0.3) is 0 Å². The Hall–Kier alpha value is -0.760. The molecule has 3 N–H and O–H groups in total. The van der Waals surface area contributed by atoms with E-state index < -0.39 is 0 Å². The second-order valence-corrected chi connectivity index (χ2v) is 5.63. The molecular weight excluding hydrogens is 186 g/mol. The zero-order chi connectivity index (χ0) is 10.6. The highest BCUT2D eigenvalue weighted by atomic mass is 16.3. The van der Waals surface area contributed by atoms with Crippen LogP contribution in [-0.2, 0) is 0 Å². The largest absolute Gasteiger partial charge is 0.512 e. The molecule has 4 atom stereocenters. The normalized spacial score (nSPS) is 47.4. The van der Waals surface area contributed by atoms with Crippen molar-refractivity contribution in [2.24, 2.45) is 23.5 Å². The van der Waals surface area contributed by atoms with Gasteiger partial charge in [0, 0.05) is 12.0 Å². The molecule has 0 aliphatic heterocycles. The van der Waals surface area contributed by atoms with Gasteiger partial charge in [-0.15, -0.1) is 6.58 Å². The summed E-state index contributed by atoms with van der Waals surface area (Å²) in [5.41, 5.74) is 7.66. The van der Waals surface area contributed by atoms with E-state index in [1.807, 2.05) is 6.08 Å². The van der Waals surface area contributed by atoms with Gasteiger partial charge in [-0.3, -0.25) is 0 Å². The fourth-order valence-corrected chi connectivity index (χ4v) is 4.16. The third kappa shape index (κ3) is 1.14. The molecule has 0 aromatic rings. The van der Waals surface area contributed by atoms with Gasteiger partial charge in [0.25, 0.3) is 0 Å². The first-order valence-electron chi connectivity index (χ1n) is 5.94. The van der Waals surface area contributed by atoms with Crippen LogP contribution in [0.15, 0.2) is 24.0 Å². The molecule has 3 aliphatic rings. The Bertz CT molecular complexity index is 346. The monoisotopic (exact) mass is 205 g/mol. The van der Waals surface area contributed by atoms with Crippen LogP contribution in [-0.4, -0.2) is 10.6 Å². The molecule has 3 aliphatic carbocycles. The number of rotatable bonds is 2. The van der Waals surface area contributed by atoms with Gasteiger partial charge in [0.15, 0.2) is 0 Å². The Morgan fingerprint density at radius 2 is 2.33 bits per heavy atom. The van der Waals surface area contributed by atoms with Gasteiger partial charge in [0.1, 0.15) is 0 Å². The number of aliphatic hydroxyl groups excluding tert-OH is 1. The van der Waals surface area contributed by atoms with Crippen molar-refractivity contribution >= 4 is 0 Å². The van der Waals surface area contributed by atoms with Crippen LogP contribution < -0.4 is 5.73 Å². The van der Waals surface area contributed by atoms with Crippen molar-refractivity contribution in [3.8, 4) is 0 Å². The summed E-state index contributed by atoms with van der Waals surface area (Å²) in [4.78, 5) is 0. The van der Waals surface area contributed by atoms with Crippen LogP contribution in [0.1, 0.15) is 32.1 Å². The highest BCUT2D eigenvalue weighted by molar-refractivity contribution is 5.31. The standard InChI is InChI=1S/C13H19NO/c1-2-3-13(14)7-10-9-4-8(5-11(9)13)6-12(10)15/h2,8-9,11,15H,1,3-7,14H2.